The zero-order valence-corrected chi connectivity index (χ0v) is 13.5. The van der Waals surface area contributed by atoms with Crippen molar-refractivity contribution >= 4 is 16.6 Å². The van der Waals surface area contributed by atoms with Gasteiger partial charge in [-0.1, -0.05) is 5.16 Å². The minimum Gasteiger partial charge on any atom is -0.495 e. The van der Waals surface area contributed by atoms with Crippen LogP contribution in [-0.4, -0.2) is 28.5 Å². The van der Waals surface area contributed by atoms with Crippen molar-refractivity contribution in [1.29, 1.82) is 5.26 Å². The Bertz CT molecular complexity index is 846. The molecule has 0 spiro atoms. The topological polar surface area (TPSA) is 93.2 Å². The molecule has 3 rings (SSSR count). The summed E-state index contributed by atoms with van der Waals surface area (Å²) in [5.41, 5.74) is 0.699. The third-order valence-electron chi connectivity index (χ3n) is 3.77. The van der Waals surface area contributed by atoms with Gasteiger partial charge in [-0.2, -0.15) is 5.26 Å². The number of hydrogen-bond acceptors (Lipinski definition) is 6. The Hall–Kier alpha value is -2.46. The number of methoxy groups -OCH3 is 1. The summed E-state index contributed by atoms with van der Waals surface area (Å²) in [6, 6.07) is 5.04. The van der Waals surface area contributed by atoms with E-state index in [0.29, 0.717) is 17.1 Å². The van der Waals surface area contributed by atoms with Crippen molar-refractivity contribution in [2.75, 3.05) is 13.4 Å². The third kappa shape index (κ3) is 2.66. The summed E-state index contributed by atoms with van der Waals surface area (Å²) < 4.78 is 22.5. The molecular formula is C16H14N2O4S. The quantitative estimate of drug-likeness (QED) is 0.782. The molecule has 1 saturated carbocycles. The van der Waals surface area contributed by atoms with Crippen molar-refractivity contribution < 1.29 is 18.3 Å². The fourth-order valence-corrected chi connectivity index (χ4v) is 3.43. The van der Waals surface area contributed by atoms with E-state index in [0.717, 1.165) is 12.8 Å². The molecule has 1 heterocycles. The number of carbonyl (C=O) groups is 1. The summed E-state index contributed by atoms with van der Waals surface area (Å²) in [4.78, 5) is 13.0. The van der Waals surface area contributed by atoms with Gasteiger partial charge in [0, 0.05) is 17.7 Å². The second kappa shape index (κ2) is 5.97. The summed E-state index contributed by atoms with van der Waals surface area (Å²) in [7, 11) is -0.100. The summed E-state index contributed by atoms with van der Waals surface area (Å²) in [6.45, 7) is 0. The summed E-state index contributed by atoms with van der Waals surface area (Å²) in [5, 5.41) is 13.1. The van der Waals surface area contributed by atoms with Crippen LogP contribution >= 0.6 is 0 Å². The smallest absolute Gasteiger partial charge is 0.199 e. The van der Waals surface area contributed by atoms with Crippen molar-refractivity contribution in [2.45, 2.75) is 23.7 Å². The van der Waals surface area contributed by atoms with E-state index < -0.39 is 10.8 Å². The summed E-state index contributed by atoms with van der Waals surface area (Å²) >= 11 is 0. The van der Waals surface area contributed by atoms with E-state index in [9.17, 15) is 14.3 Å². The summed E-state index contributed by atoms with van der Waals surface area (Å²) in [5.74, 6) is 0.748. The Balaban J connectivity index is 2.16. The van der Waals surface area contributed by atoms with Gasteiger partial charge in [0.15, 0.2) is 11.5 Å². The molecule has 6 nitrogen and oxygen atoms in total. The van der Waals surface area contributed by atoms with Gasteiger partial charge < -0.3 is 9.26 Å². The van der Waals surface area contributed by atoms with Gasteiger partial charge in [-0.3, -0.25) is 9.00 Å². The number of nitriles is 1. The van der Waals surface area contributed by atoms with Crippen molar-refractivity contribution in [1.82, 2.24) is 5.16 Å². The van der Waals surface area contributed by atoms with Crippen molar-refractivity contribution in [3.05, 3.63) is 40.8 Å². The van der Waals surface area contributed by atoms with E-state index in [1.807, 2.05) is 6.07 Å². The number of ether oxygens (including phenoxy) is 1. The maximum absolute atomic E-state index is 12.9. The Morgan fingerprint density at radius 2 is 2.17 bits per heavy atom. The second-order valence-electron chi connectivity index (χ2n) is 5.29. The molecule has 1 aliphatic carbocycles. The molecule has 1 unspecified atom stereocenters. The Morgan fingerprint density at radius 1 is 1.43 bits per heavy atom. The van der Waals surface area contributed by atoms with Gasteiger partial charge >= 0.3 is 0 Å². The number of aromatic nitrogens is 1. The maximum atomic E-state index is 12.9. The minimum atomic E-state index is -1.52. The van der Waals surface area contributed by atoms with Crippen LogP contribution in [0.4, 0.5) is 0 Å². The number of hydrogen-bond donors (Lipinski definition) is 0. The minimum absolute atomic E-state index is 0.114. The van der Waals surface area contributed by atoms with E-state index >= 15 is 0 Å². The SMILES string of the molecule is COc1ccc(C(=O)c2cnoc2C2CC2)c(S(C)=O)c1C#N. The first kappa shape index (κ1) is 15.4. The number of ketones is 1. The van der Waals surface area contributed by atoms with Crippen LogP contribution in [0.15, 0.2) is 27.7 Å². The second-order valence-corrected chi connectivity index (χ2v) is 6.61. The van der Waals surface area contributed by atoms with Crippen LogP contribution in [0, 0.1) is 11.3 Å². The number of rotatable bonds is 5. The Morgan fingerprint density at radius 3 is 2.74 bits per heavy atom. The van der Waals surface area contributed by atoms with Gasteiger partial charge in [0.25, 0.3) is 0 Å². The molecular weight excluding hydrogens is 316 g/mol. The molecule has 0 N–H and O–H groups in total. The first-order valence-electron chi connectivity index (χ1n) is 7.02. The van der Waals surface area contributed by atoms with Gasteiger partial charge in [-0.05, 0) is 25.0 Å². The molecule has 1 fully saturated rings. The average molecular weight is 330 g/mol. The van der Waals surface area contributed by atoms with Crippen LogP contribution in [0.2, 0.25) is 0 Å². The largest absolute Gasteiger partial charge is 0.495 e. The van der Waals surface area contributed by atoms with E-state index in [4.69, 9.17) is 9.26 Å². The molecule has 0 amide bonds. The summed E-state index contributed by atoms with van der Waals surface area (Å²) in [6.07, 6.45) is 4.75. The van der Waals surface area contributed by atoms with Crippen LogP contribution < -0.4 is 4.74 Å². The first-order valence-corrected chi connectivity index (χ1v) is 8.58. The van der Waals surface area contributed by atoms with Gasteiger partial charge in [-0.15, -0.1) is 0 Å². The number of nitrogens with zero attached hydrogens (tertiary/aromatic N) is 2. The highest BCUT2D eigenvalue weighted by Gasteiger charge is 2.34. The van der Waals surface area contributed by atoms with Crippen LogP contribution in [0.3, 0.4) is 0 Å². The molecule has 0 bridgehead atoms. The maximum Gasteiger partial charge on any atom is 0.199 e. The van der Waals surface area contributed by atoms with Crippen molar-refractivity contribution in [3.8, 4) is 11.8 Å². The van der Waals surface area contributed by atoms with Crippen molar-refractivity contribution in [3.63, 3.8) is 0 Å². The van der Waals surface area contributed by atoms with E-state index in [1.54, 1.807) is 0 Å². The zero-order chi connectivity index (χ0) is 16.6. The lowest BCUT2D eigenvalue weighted by atomic mass is 10.00. The predicted octanol–water partition coefficient (Wildman–Crippen LogP) is 2.40. The molecule has 1 aromatic heterocycles. The van der Waals surface area contributed by atoms with Gasteiger partial charge in [0.05, 0.1) is 34.6 Å². The molecule has 0 aliphatic heterocycles. The lowest BCUT2D eigenvalue weighted by molar-refractivity contribution is 0.103. The standard InChI is InChI=1S/C16H14N2O4S/c1-21-13-6-5-10(16(23(2)20)11(13)7-17)14(19)12-8-18-22-15(12)9-3-4-9/h5-6,8-9H,3-4H2,1-2H3. The van der Waals surface area contributed by atoms with Crippen LogP contribution in [0.1, 0.15) is 46.0 Å². The lowest BCUT2D eigenvalue weighted by Gasteiger charge is -2.11. The molecule has 1 atom stereocenters. The fourth-order valence-electron chi connectivity index (χ4n) is 2.52. The molecule has 1 aromatic carbocycles. The highest BCUT2D eigenvalue weighted by Crippen LogP contribution is 2.42. The van der Waals surface area contributed by atoms with Crippen LogP contribution in [-0.2, 0) is 10.8 Å². The lowest BCUT2D eigenvalue weighted by Crippen LogP contribution is -2.10. The van der Waals surface area contributed by atoms with Crippen molar-refractivity contribution in [2.24, 2.45) is 0 Å². The molecule has 23 heavy (non-hydrogen) atoms. The van der Waals surface area contributed by atoms with E-state index in [1.165, 1.54) is 31.7 Å². The average Bonchev–Trinajstić information content (AvgIpc) is 3.29. The first-order chi connectivity index (χ1) is 11.1. The molecule has 0 saturated heterocycles. The third-order valence-corrected chi connectivity index (χ3v) is 4.77. The zero-order valence-electron chi connectivity index (χ0n) is 12.7. The highest BCUT2D eigenvalue weighted by molar-refractivity contribution is 7.84. The molecule has 2 aromatic rings. The van der Waals surface area contributed by atoms with E-state index in [2.05, 4.69) is 5.16 Å². The van der Waals surface area contributed by atoms with Gasteiger partial charge in [0.1, 0.15) is 17.4 Å². The number of benzene rings is 1. The molecule has 7 heteroatoms. The molecule has 0 radical (unpaired) electrons. The van der Waals surface area contributed by atoms with Crippen LogP contribution in [0.5, 0.6) is 5.75 Å². The Kier molecular flexibility index (Phi) is 4.01. The normalized spacial score (nSPS) is 15.0. The van der Waals surface area contributed by atoms with Crippen LogP contribution in [0.25, 0.3) is 0 Å². The van der Waals surface area contributed by atoms with Gasteiger partial charge in [0.2, 0.25) is 0 Å². The highest BCUT2D eigenvalue weighted by atomic mass is 32.2. The van der Waals surface area contributed by atoms with Gasteiger partial charge in [-0.25, -0.2) is 0 Å². The molecule has 118 valence electrons. The van der Waals surface area contributed by atoms with E-state index in [-0.39, 0.29) is 27.7 Å². The Labute approximate surface area is 135 Å². The molecule has 1 aliphatic rings. The predicted molar refractivity (Wildman–Crippen MR) is 82.0 cm³/mol. The number of carbonyl (C=O) groups excluding carboxylic acids is 1. The fraction of sp³-hybridized carbons (Fsp3) is 0.312. The monoisotopic (exact) mass is 330 g/mol.